The molecule has 1 fully saturated rings. The lowest BCUT2D eigenvalue weighted by molar-refractivity contribution is -0.132. The van der Waals surface area contributed by atoms with Gasteiger partial charge in [0.15, 0.2) is 6.10 Å². The Kier molecular flexibility index (Phi) is 3.92. The van der Waals surface area contributed by atoms with Gasteiger partial charge in [-0.15, -0.1) is 0 Å². The number of rotatable bonds is 3. The summed E-state index contributed by atoms with van der Waals surface area (Å²) < 4.78 is 6.61. The fourth-order valence-electron chi connectivity index (χ4n) is 2.01. The van der Waals surface area contributed by atoms with E-state index in [1.165, 1.54) is 0 Å². The number of likely N-dealkylation sites (N-methyl/N-ethyl adjacent to an activating group) is 1. The van der Waals surface area contributed by atoms with E-state index in [2.05, 4.69) is 15.9 Å². The van der Waals surface area contributed by atoms with Crippen molar-refractivity contribution in [2.75, 3.05) is 13.6 Å². The first-order valence-corrected chi connectivity index (χ1v) is 6.67. The summed E-state index contributed by atoms with van der Waals surface area (Å²) in [6.07, 6.45) is -0.384. The molecule has 1 aromatic carbocycles. The third-order valence-corrected chi connectivity index (χ3v) is 3.57. The summed E-state index contributed by atoms with van der Waals surface area (Å²) in [5.74, 6) is 0.555. The number of aliphatic hydroxyl groups excluding tert-OH is 1. The van der Waals surface area contributed by atoms with Crippen LogP contribution < -0.4 is 4.74 Å². The predicted molar refractivity (Wildman–Crippen MR) is 71.4 cm³/mol. The zero-order valence-electron chi connectivity index (χ0n) is 10.4. The van der Waals surface area contributed by atoms with E-state index < -0.39 is 12.2 Å². The van der Waals surface area contributed by atoms with Gasteiger partial charge in [0.1, 0.15) is 5.75 Å². The number of halogens is 1. The maximum Gasteiger partial charge on any atom is 0.263 e. The van der Waals surface area contributed by atoms with Crippen LogP contribution in [0.3, 0.4) is 0 Å². The average molecular weight is 314 g/mol. The van der Waals surface area contributed by atoms with Crippen LogP contribution in [-0.2, 0) is 4.79 Å². The van der Waals surface area contributed by atoms with Crippen molar-refractivity contribution in [3.63, 3.8) is 0 Å². The molecule has 18 heavy (non-hydrogen) atoms. The van der Waals surface area contributed by atoms with Crippen LogP contribution in [0.25, 0.3) is 0 Å². The molecule has 1 aliphatic rings. The van der Waals surface area contributed by atoms with Crippen LogP contribution in [0.1, 0.15) is 25.0 Å². The molecule has 0 aromatic heterocycles. The molecule has 98 valence electrons. The number of aliphatic hydroxyl groups is 1. The summed E-state index contributed by atoms with van der Waals surface area (Å²) in [6, 6.07) is 5.43. The first kappa shape index (κ1) is 13.4. The number of carbonyl (C=O) groups excluding carboxylic acids is 1. The second-order valence-corrected chi connectivity index (χ2v) is 5.43. The highest BCUT2D eigenvalue weighted by atomic mass is 79.9. The Morgan fingerprint density at radius 3 is 2.83 bits per heavy atom. The second-order valence-electron chi connectivity index (χ2n) is 4.51. The Balaban J connectivity index is 2.23. The van der Waals surface area contributed by atoms with Gasteiger partial charge < -0.3 is 14.7 Å². The normalized spacial score (nSPS) is 21.2. The molecule has 1 aromatic rings. The Labute approximate surface area is 115 Å². The smallest absolute Gasteiger partial charge is 0.263 e. The topological polar surface area (TPSA) is 49.8 Å². The molecule has 2 rings (SSSR count). The quantitative estimate of drug-likeness (QED) is 0.930. The standard InChI is InChI=1S/C13H16BrNO3/c1-8(16)10-4-3-9(14)7-12(10)18-11-5-6-15(2)13(11)17/h3-4,7-8,11,16H,5-6H2,1-2H3/t8-,11?/m1/s1. The zero-order valence-corrected chi connectivity index (χ0v) is 12.0. The Morgan fingerprint density at radius 1 is 1.56 bits per heavy atom. The summed E-state index contributed by atoms with van der Waals surface area (Å²) in [4.78, 5) is 13.5. The number of benzene rings is 1. The van der Waals surface area contributed by atoms with Gasteiger partial charge in [-0.2, -0.15) is 0 Å². The van der Waals surface area contributed by atoms with E-state index in [9.17, 15) is 9.90 Å². The Morgan fingerprint density at radius 2 is 2.28 bits per heavy atom. The molecule has 5 heteroatoms. The van der Waals surface area contributed by atoms with Crippen molar-refractivity contribution in [3.05, 3.63) is 28.2 Å². The molecule has 0 bridgehead atoms. The van der Waals surface area contributed by atoms with Gasteiger partial charge in [0, 0.05) is 30.0 Å². The molecule has 1 heterocycles. The molecule has 0 saturated carbocycles. The van der Waals surface area contributed by atoms with E-state index >= 15 is 0 Å². The molecule has 0 radical (unpaired) electrons. The molecule has 1 aliphatic heterocycles. The van der Waals surface area contributed by atoms with Crippen molar-refractivity contribution in [2.45, 2.75) is 25.6 Å². The van der Waals surface area contributed by atoms with Crippen LogP contribution >= 0.6 is 15.9 Å². The SMILES string of the molecule is C[C@@H](O)c1ccc(Br)cc1OC1CCN(C)C1=O. The van der Waals surface area contributed by atoms with Gasteiger partial charge in [0.25, 0.3) is 5.91 Å². The fourth-order valence-corrected chi connectivity index (χ4v) is 2.35. The summed E-state index contributed by atoms with van der Waals surface area (Å²) in [5.41, 5.74) is 0.695. The number of nitrogens with zero attached hydrogens (tertiary/aromatic N) is 1. The van der Waals surface area contributed by atoms with Crippen LogP contribution in [0.2, 0.25) is 0 Å². The molecule has 4 nitrogen and oxygen atoms in total. The van der Waals surface area contributed by atoms with E-state index in [1.54, 1.807) is 31.0 Å². The van der Waals surface area contributed by atoms with Gasteiger partial charge in [0.05, 0.1) is 6.10 Å². The van der Waals surface area contributed by atoms with Gasteiger partial charge in [-0.25, -0.2) is 0 Å². The van der Waals surface area contributed by atoms with E-state index in [4.69, 9.17) is 4.74 Å². The van der Waals surface area contributed by atoms with Gasteiger partial charge >= 0.3 is 0 Å². The highest BCUT2D eigenvalue weighted by Gasteiger charge is 2.31. The van der Waals surface area contributed by atoms with Gasteiger partial charge in [-0.1, -0.05) is 22.0 Å². The van der Waals surface area contributed by atoms with E-state index in [0.717, 1.165) is 4.47 Å². The average Bonchev–Trinajstić information content (AvgIpc) is 2.61. The monoisotopic (exact) mass is 313 g/mol. The number of likely N-dealkylation sites (tertiary alicyclic amines) is 1. The van der Waals surface area contributed by atoms with Crippen molar-refractivity contribution < 1.29 is 14.6 Å². The molecule has 1 N–H and O–H groups in total. The lowest BCUT2D eigenvalue weighted by Gasteiger charge is -2.17. The van der Waals surface area contributed by atoms with Crippen LogP contribution in [0.4, 0.5) is 0 Å². The molecule has 0 spiro atoms. The zero-order chi connectivity index (χ0) is 13.3. The summed E-state index contributed by atoms with van der Waals surface area (Å²) in [5, 5.41) is 9.70. The van der Waals surface area contributed by atoms with Crippen LogP contribution in [0.15, 0.2) is 22.7 Å². The molecule has 0 aliphatic carbocycles. The van der Waals surface area contributed by atoms with Gasteiger partial charge in [-0.3, -0.25) is 4.79 Å². The van der Waals surface area contributed by atoms with Crippen LogP contribution in [0, 0.1) is 0 Å². The fraction of sp³-hybridized carbons (Fsp3) is 0.462. The van der Waals surface area contributed by atoms with Gasteiger partial charge in [-0.05, 0) is 19.1 Å². The largest absolute Gasteiger partial charge is 0.480 e. The molecular weight excluding hydrogens is 298 g/mol. The van der Waals surface area contributed by atoms with Gasteiger partial charge in [0.2, 0.25) is 0 Å². The maximum absolute atomic E-state index is 11.8. The highest BCUT2D eigenvalue weighted by Crippen LogP contribution is 2.30. The number of ether oxygens (including phenoxy) is 1. The molecule has 1 unspecified atom stereocenters. The van der Waals surface area contributed by atoms with Crippen LogP contribution in [0.5, 0.6) is 5.75 Å². The minimum Gasteiger partial charge on any atom is -0.480 e. The minimum absolute atomic E-state index is 0.00785. The van der Waals surface area contributed by atoms with Crippen molar-refractivity contribution in [3.8, 4) is 5.75 Å². The molecule has 2 atom stereocenters. The lowest BCUT2D eigenvalue weighted by atomic mass is 10.1. The summed E-state index contributed by atoms with van der Waals surface area (Å²) >= 11 is 3.36. The minimum atomic E-state index is -0.623. The van der Waals surface area contributed by atoms with Crippen molar-refractivity contribution in [1.82, 2.24) is 4.90 Å². The van der Waals surface area contributed by atoms with Crippen molar-refractivity contribution >= 4 is 21.8 Å². The third-order valence-electron chi connectivity index (χ3n) is 3.07. The van der Waals surface area contributed by atoms with Crippen molar-refractivity contribution in [1.29, 1.82) is 0 Å². The highest BCUT2D eigenvalue weighted by molar-refractivity contribution is 9.10. The summed E-state index contributed by atoms with van der Waals surface area (Å²) in [7, 11) is 1.77. The molecule has 1 saturated heterocycles. The second kappa shape index (κ2) is 5.28. The number of hydrogen-bond donors (Lipinski definition) is 1. The maximum atomic E-state index is 11.8. The Hall–Kier alpha value is -1.07. The summed E-state index contributed by atoms with van der Waals surface area (Å²) in [6.45, 7) is 2.39. The Bertz CT molecular complexity index is 462. The molecular formula is C13H16BrNO3. The van der Waals surface area contributed by atoms with Crippen molar-refractivity contribution in [2.24, 2.45) is 0 Å². The predicted octanol–water partition coefficient (Wildman–Crippen LogP) is 2.11. The lowest BCUT2D eigenvalue weighted by Crippen LogP contribution is -2.29. The number of carbonyl (C=O) groups is 1. The van der Waals surface area contributed by atoms with E-state index in [1.807, 2.05) is 6.07 Å². The number of hydrogen-bond acceptors (Lipinski definition) is 3. The third kappa shape index (κ3) is 2.67. The molecule has 1 amide bonds. The van der Waals surface area contributed by atoms with E-state index in [-0.39, 0.29) is 5.91 Å². The van der Waals surface area contributed by atoms with E-state index in [0.29, 0.717) is 24.3 Å². The first-order chi connectivity index (χ1) is 8.49. The first-order valence-electron chi connectivity index (χ1n) is 5.88. The van der Waals surface area contributed by atoms with Crippen LogP contribution in [-0.4, -0.2) is 35.6 Å². The number of amides is 1.